The highest BCUT2D eigenvalue weighted by Gasteiger charge is 2.53. The molecule has 1 aliphatic heterocycles. The summed E-state index contributed by atoms with van der Waals surface area (Å²) in [4.78, 5) is 0. The molecule has 5 aliphatic rings. The highest BCUT2D eigenvalue weighted by atomic mass is 16.7. The lowest BCUT2D eigenvalue weighted by Gasteiger charge is -2.40. The maximum atomic E-state index is 6.31. The molecule has 1 aromatic rings. The monoisotopic (exact) mass is 422 g/mol. The fourth-order valence-corrected chi connectivity index (χ4v) is 7.96. The number of benzene rings is 1. The fourth-order valence-electron chi connectivity index (χ4n) is 7.96. The molecule has 5 unspecified atom stereocenters. The minimum absolute atomic E-state index is 0.262. The number of hydrogen-bond acceptors (Lipinski definition) is 2. The van der Waals surface area contributed by atoms with Crippen LogP contribution in [0.15, 0.2) is 24.3 Å². The molecule has 6 rings (SSSR count). The molecule has 0 spiro atoms. The zero-order valence-corrected chi connectivity index (χ0v) is 20.9. The Bertz CT molecular complexity index is 787. The molecule has 3 heteroatoms. The maximum absolute atomic E-state index is 6.31. The van der Waals surface area contributed by atoms with Gasteiger partial charge in [0, 0.05) is 0 Å². The van der Waals surface area contributed by atoms with Crippen molar-refractivity contribution in [1.82, 2.24) is 0 Å². The van der Waals surface area contributed by atoms with Gasteiger partial charge in [-0.15, -0.1) is 0 Å². The van der Waals surface area contributed by atoms with Crippen LogP contribution in [0.2, 0.25) is 0 Å². The summed E-state index contributed by atoms with van der Waals surface area (Å²) < 4.78 is 12.6. The molecular weight excluding hydrogens is 379 g/mol. The molecule has 170 valence electrons. The van der Waals surface area contributed by atoms with Gasteiger partial charge < -0.3 is 9.31 Å². The van der Waals surface area contributed by atoms with E-state index >= 15 is 0 Å². The zero-order chi connectivity index (χ0) is 22.2. The van der Waals surface area contributed by atoms with Gasteiger partial charge in [-0.2, -0.15) is 0 Å². The molecule has 1 heterocycles. The van der Waals surface area contributed by atoms with E-state index in [1.807, 2.05) is 0 Å². The Kier molecular flexibility index (Phi) is 5.22. The molecule has 2 nitrogen and oxygen atoms in total. The van der Waals surface area contributed by atoms with Crippen LogP contribution in [-0.2, 0) is 14.7 Å². The first-order valence-corrected chi connectivity index (χ1v) is 13.0. The summed E-state index contributed by atoms with van der Waals surface area (Å²) in [5.41, 5.74) is 2.46. The van der Waals surface area contributed by atoms with E-state index in [2.05, 4.69) is 72.7 Å². The topological polar surface area (TPSA) is 18.5 Å². The Labute approximate surface area is 191 Å². The quantitative estimate of drug-likeness (QED) is 0.516. The van der Waals surface area contributed by atoms with E-state index in [0.717, 1.165) is 41.0 Å². The SMILES string of the molecule is CC1CC2CC(C)C1CC1CCC(C2)C1(C)c1ccc(B2OC(C)(C)C(C)(C)O2)cc1. The third kappa shape index (κ3) is 3.45. The average molecular weight is 422 g/mol. The van der Waals surface area contributed by atoms with Crippen molar-refractivity contribution in [2.75, 3.05) is 0 Å². The van der Waals surface area contributed by atoms with E-state index in [1.165, 1.54) is 38.5 Å². The van der Waals surface area contributed by atoms with Crippen LogP contribution >= 0.6 is 0 Å². The van der Waals surface area contributed by atoms with Gasteiger partial charge in [-0.05, 0) is 118 Å². The first-order valence-electron chi connectivity index (χ1n) is 13.0. The standard InChI is InChI=1S/C28H43BO2/c1-18-14-20-15-19(2)25(18)17-23-9-8-22(16-20)28(23,7)21-10-12-24(13-11-21)29-30-26(3,4)27(5,6)31-29/h10-13,18-20,22-23,25H,8-9,14-17H2,1-7H3. The second-order valence-electron chi connectivity index (χ2n) is 12.9. The molecule has 0 N–H and O–H groups in total. The largest absolute Gasteiger partial charge is 0.494 e. The smallest absolute Gasteiger partial charge is 0.399 e. The van der Waals surface area contributed by atoms with Crippen LogP contribution in [0.25, 0.3) is 0 Å². The minimum Gasteiger partial charge on any atom is -0.399 e. The highest BCUT2D eigenvalue weighted by Crippen LogP contribution is 2.59. The van der Waals surface area contributed by atoms with Gasteiger partial charge in [0.2, 0.25) is 0 Å². The van der Waals surface area contributed by atoms with Crippen molar-refractivity contribution in [3.05, 3.63) is 29.8 Å². The summed E-state index contributed by atoms with van der Waals surface area (Å²) in [7, 11) is -0.262. The lowest BCUT2D eigenvalue weighted by atomic mass is 9.64. The van der Waals surface area contributed by atoms with Gasteiger partial charge in [0.1, 0.15) is 0 Å². The minimum atomic E-state index is -0.286. The van der Waals surface area contributed by atoms with E-state index in [4.69, 9.17) is 9.31 Å². The van der Waals surface area contributed by atoms with Crippen LogP contribution in [0.1, 0.15) is 92.6 Å². The van der Waals surface area contributed by atoms with Crippen LogP contribution < -0.4 is 5.46 Å². The predicted molar refractivity (Wildman–Crippen MR) is 130 cm³/mol. The van der Waals surface area contributed by atoms with E-state index in [9.17, 15) is 0 Å². The van der Waals surface area contributed by atoms with Crippen LogP contribution in [-0.4, -0.2) is 18.3 Å². The van der Waals surface area contributed by atoms with Gasteiger partial charge in [0.05, 0.1) is 11.2 Å². The third-order valence-electron chi connectivity index (χ3n) is 10.7. The van der Waals surface area contributed by atoms with Crippen LogP contribution in [0.3, 0.4) is 0 Å². The lowest BCUT2D eigenvalue weighted by Crippen LogP contribution is -2.41. The van der Waals surface area contributed by atoms with Crippen molar-refractivity contribution < 1.29 is 9.31 Å². The predicted octanol–water partition coefficient (Wildman–Crippen LogP) is 6.36. The Hall–Kier alpha value is -0.795. The van der Waals surface area contributed by atoms with Gasteiger partial charge in [-0.1, -0.05) is 45.0 Å². The summed E-state index contributed by atoms with van der Waals surface area (Å²) in [6.07, 6.45) is 8.65. The van der Waals surface area contributed by atoms with Crippen molar-refractivity contribution in [1.29, 1.82) is 0 Å². The Morgan fingerprint density at radius 1 is 0.742 bits per heavy atom. The van der Waals surface area contributed by atoms with E-state index in [0.29, 0.717) is 5.41 Å². The van der Waals surface area contributed by atoms with Crippen LogP contribution in [0.4, 0.5) is 0 Å². The molecule has 1 aromatic carbocycles. The van der Waals surface area contributed by atoms with Crippen molar-refractivity contribution >= 4 is 12.6 Å². The zero-order valence-electron chi connectivity index (χ0n) is 20.9. The number of rotatable bonds is 2. The molecule has 4 saturated carbocycles. The molecule has 31 heavy (non-hydrogen) atoms. The van der Waals surface area contributed by atoms with E-state index in [-0.39, 0.29) is 18.3 Å². The normalized spacial score (nSPS) is 43.5. The van der Waals surface area contributed by atoms with Crippen LogP contribution in [0, 0.1) is 35.5 Å². The Morgan fingerprint density at radius 2 is 1.26 bits per heavy atom. The van der Waals surface area contributed by atoms with Gasteiger partial charge in [-0.25, -0.2) is 0 Å². The van der Waals surface area contributed by atoms with Crippen molar-refractivity contribution in [3.63, 3.8) is 0 Å². The number of hydrogen-bond donors (Lipinski definition) is 0. The van der Waals surface area contributed by atoms with Crippen LogP contribution in [0.5, 0.6) is 0 Å². The second kappa shape index (κ2) is 7.35. The summed E-state index contributed by atoms with van der Waals surface area (Å²) in [5.74, 6) is 5.33. The molecule has 5 fully saturated rings. The van der Waals surface area contributed by atoms with Crippen molar-refractivity contribution in [2.24, 2.45) is 35.5 Å². The molecule has 0 aromatic heterocycles. The summed E-state index contributed by atoms with van der Waals surface area (Å²) in [6, 6.07) is 9.40. The van der Waals surface area contributed by atoms with Gasteiger partial charge in [0.25, 0.3) is 0 Å². The second-order valence-corrected chi connectivity index (χ2v) is 12.9. The molecular formula is C28H43BO2. The molecule has 4 aliphatic carbocycles. The third-order valence-corrected chi connectivity index (χ3v) is 10.7. The first kappa shape index (κ1) is 22.0. The summed E-state index contributed by atoms with van der Waals surface area (Å²) in [6.45, 7) is 16.2. The molecule has 0 radical (unpaired) electrons. The average Bonchev–Trinajstić information content (AvgIpc) is 3.14. The van der Waals surface area contributed by atoms with E-state index < -0.39 is 0 Å². The molecule has 1 saturated heterocycles. The van der Waals surface area contributed by atoms with Gasteiger partial charge in [-0.3, -0.25) is 0 Å². The fraction of sp³-hybridized carbons (Fsp3) is 0.786. The highest BCUT2D eigenvalue weighted by molar-refractivity contribution is 6.62. The molecule has 4 bridgehead atoms. The van der Waals surface area contributed by atoms with Crippen molar-refractivity contribution in [3.8, 4) is 0 Å². The summed E-state index contributed by atoms with van der Waals surface area (Å²) >= 11 is 0. The number of fused-ring (bicyclic) bond motifs is 2. The Morgan fingerprint density at radius 3 is 1.81 bits per heavy atom. The molecule has 0 amide bonds. The van der Waals surface area contributed by atoms with Crippen molar-refractivity contribution in [2.45, 2.75) is 104 Å². The summed E-state index contributed by atoms with van der Waals surface area (Å²) in [5, 5.41) is 0. The first-order chi connectivity index (χ1) is 14.5. The van der Waals surface area contributed by atoms with E-state index in [1.54, 1.807) is 5.56 Å². The van der Waals surface area contributed by atoms with Gasteiger partial charge >= 0.3 is 7.12 Å². The van der Waals surface area contributed by atoms with Gasteiger partial charge in [0.15, 0.2) is 0 Å². The lowest BCUT2D eigenvalue weighted by molar-refractivity contribution is 0.00578. The Balaban J connectivity index is 1.43. The molecule has 5 atom stereocenters. The maximum Gasteiger partial charge on any atom is 0.494 e.